The molecule has 2 aliphatic rings. The Morgan fingerprint density at radius 1 is 1.03 bits per heavy atom. The van der Waals surface area contributed by atoms with Crippen LogP contribution in [-0.4, -0.2) is 47.5 Å². The smallest absolute Gasteiger partial charge is 0.178 e. The number of halogens is 3. The van der Waals surface area contributed by atoms with Crippen molar-refractivity contribution in [2.75, 3.05) is 26.3 Å². The van der Waals surface area contributed by atoms with E-state index in [1.54, 1.807) is 12.1 Å². The summed E-state index contributed by atoms with van der Waals surface area (Å²) >= 11 is 6.47. The van der Waals surface area contributed by atoms with E-state index in [1.807, 2.05) is 42.5 Å². The summed E-state index contributed by atoms with van der Waals surface area (Å²) in [6, 6.07) is 18.3. The Kier molecular flexibility index (Phi) is 8.44. The Hall–Kier alpha value is -2.77. The summed E-state index contributed by atoms with van der Waals surface area (Å²) in [6.45, 7) is 2.16. The number of fused-ring (bicyclic) bond motifs is 1. The van der Waals surface area contributed by atoms with E-state index >= 15 is 0 Å². The van der Waals surface area contributed by atoms with Gasteiger partial charge in [-0.25, -0.2) is 4.39 Å². The van der Waals surface area contributed by atoms with Crippen LogP contribution in [0.15, 0.2) is 60.7 Å². The van der Waals surface area contributed by atoms with Crippen LogP contribution in [0.3, 0.4) is 0 Å². The SMILES string of the molecule is OC(O)c1ccc2c(c1)CCCC(c1cccc(F)c1Cl)=C2c1ccc(O[C@H]2CCN(CCCF)C2)cc1. The second kappa shape index (κ2) is 12.0. The predicted octanol–water partition coefficient (Wildman–Crippen LogP) is 6.57. The summed E-state index contributed by atoms with van der Waals surface area (Å²) in [7, 11) is 0. The summed E-state index contributed by atoms with van der Waals surface area (Å²) in [5.41, 5.74) is 5.94. The molecule has 1 atom stereocenters. The third-order valence-corrected chi connectivity index (χ3v) is 7.82. The highest BCUT2D eigenvalue weighted by molar-refractivity contribution is 6.33. The minimum atomic E-state index is -1.55. The van der Waals surface area contributed by atoms with Crippen molar-refractivity contribution in [3.63, 3.8) is 0 Å². The first-order valence-electron chi connectivity index (χ1n) is 13.2. The van der Waals surface area contributed by atoms with Gasteiger partial charge in [-0.3, -0.25) is 9.29 Å². The summed E-state index contributed by atoms with van der Waals surface area (Å²) < 4.78 is 33.3. The number of ether oxygens (including phenoxy) is 1. The molecule has 3 aromatic carbocycles. The number of aliphatic hydroxyl groups excluding tert-OH is 1. The molecule has 1 aliphatic carbocycles. The van der Waals surface area contributed by atoms with Crippen molar-refractivity contribution in [1.29, 1.82) is 0 Å². The lowest BCUT2D eigenvalue weighted by molar-refractivity contribution is -0.0425. The lowest BCUT2D eigenvalue weighted by Gasteiger charge is -2.19. The zero-order chi connectivity index (χ0) is 26.6. The van der Waals surface area contributed by atoms with Crippen LogP contribution in [0, 0.1) is 5.82 Å². The first kappa shape index (κ1) is 26.8. The molecule has 5 rings (SSSR count). The van der Waals surface area contributed by atoms with E-state index in [9.17, 15) is 19.0 Å². The molecule has 2 N–H and O–H groups in total. The molecular formula is C31H32ClF2NO3. The van der Waals surface area contributed by atoms with Crippen LogP contribution in [0.4, 0.5) is 8.78 Å². The minimum Gasteiger partial charge on any atom is -0.489 e. The van der Waals surface area contributed by atoms with Gasteiger partial charge in [-0.05, 0) is 83.7 Å². The number of likely N-dealkylation sites (tertiary alicyclic amines) is 1. The molecule has 7 heteroatoms. The van der Waals surface area contributed by atoms with Crippen molar-refractivity contribution in [2.24, 2.45) is 0 Å². The van der Waals surface area contributed by atoms with Crippen LogP contribution in [0.5, 0.6) is 5.75 Å². The highest BCUT2D eigenvalue weighted by Crippen LogP contribution is 2.43. The summed E-state index contributed by atoms with van der Waals surface area (Å²) in [5.74, 6) is 0.310. The number of aryl methyl sites for hydroxylation is 1. The van der Waals surface area contributed by atoms with Gasteiger partial charge in [0.05, 0.1) is 11.7 Å². The van der Waals surface area contributed by atoms with Crippen molar-refractivity contribution in [2.45, 2.75) is 44.5 Å². The van der Waals surface area contributed by atoms with Gasteiger partial charge in [0.25, 0.3) is 0 Å². The van der Waals surface area contributed by atoms with Gasteiger partial charge < -0.3 is 14.9 Å². The van der Waals surface area contributed by atoms with Crippen LogP contribution in [0.2, 0.25) is 5.02 Å². The summed E-state index contributed by atoms with van der Waals surface area (Å²) in [4.78, 5) is 2.23. The molecule has 1 fully saturated rings. The Labute approximate surface area is 227 Å². The van der Waals surface area contributed by atoms with Gasteiger partial charge in [0, 0.05) is 25.2 Å². The van der Waals surface area contributed by atoms with Gasteiger partial charge in [-0.2, -0.15) is 0 Å². The van der Waals surface area contributed by atoms with Crippen LogP contribution < -0.4 is 4.74 Å². The Morgan fingerprint density at radius 3 is 2.61 bits per heavy atom. The van der Waals surface area contributed by atoms with Crippen LogP contribution in [0.1, 0.15) is 59.8 Å². The molecule has 0 unspecified atom stereocenters. The highest BCUT2D eigenvalue weighted by Gasteiger charge is 2.25. The van der Waals surface area contributed by atoms with Crippen molar-refractivity contribution in [1.82, 2.24) is 4.90 Å². The van der Waals surface area contributed by atoms with E-state index in [4.69, 9.17) is 16.3 Å². The molecule has 0 saturated carbocycles. The topological polar surface area (TPSA) is 52.9 Å². The average Bonchev–Trinajstić information content (AvgIpc) is 3.27. The fourth-order valence-corrected chi connectivity index (χ4v) is 5.82. The second-order valence-corrected chi connectivity index (χ2v) is 10.4. The van der Waals surface area contributed by atoms with E-state index in [1.165, 1.54) is 6.07 Å². The number of allylic oxidation sites excluding steroid dienone is 1. The quantitative estimate of drug-likeness (QED) is 0.318. The fourth-order valence-electron chi connectivity index (χ4n) is 5.58. The van der Waals surface area contributed by atoms with Crippen molar-refractivity contribution in [3.05, 3.63) is 99.3 Å². The van der Waals surface area contributed by atoms with Crippen LogP contribution in [-0.2, 0) is 6.42 Å². The predicted molar refractivity (Wildman–Crippen MR) is 146 cm³/mol. The number of rotatable bonds is 8. The second-order valence-electron chi connectivity index (χ2n) is 9.99. The van der Waals surface area contributed by atoms with Crippen LogP contribution in [0.25, 0.3) is 11.1 Å². The highest BCUT2D eigenvalue weighted by atomic mass is 35.5. The average molecular weight is 540 g/mol. The molecule has 0 radical (unpaired) electrons. The van der Waals surface area contributed by atoms with E-state index in [0.29, 0.717) is 24.0 Å². The maximum absolute atomic E-state index is 14.5. The number of hydrogen-bond acceptors (Lipinski definition) is 4. The molecule has 0 spiro atoms. The van der Waals surface area contributed by atoms with Crippen LogP contribution >= 0.6 is 11.6 Å². The Balaban J connectivity index is 1.51. The van der Waals surface area contributed by atoms with Gasteiger partial charge in [0.2, 0.25) is 0 Å². The zero-order valence-electron chi connectivity index (χ0n) is 21.2. The molecule has 0 aromatic heterocycles. The summed E-state index contributed by atoms with van der Waals surface area (Å²) in [6.07, 6.45) is 2.24. The molecule has 1 aliphatic heterocycles. The third-order valence-electron chi connectivity index (χ3n) is 7.43. The largest absolute Gasteiger partial charge is 0.489 e. The fraction of sp³-hybridized carbons (Fsp3) is 0.355. The molecule has 0 bridgehead atoms. The monoisotopic (exact) mass is 539 g/mol. The standard InChI is InChI=1S/C31H32ClF2NO3/c32-30-27(6-2-7-28(30)34)26-5-1-4-21-18-22(31(36)37)10-13-25(21)29(26)20-8-11-23(12-9-20)38-24-14-17-35(19-24)16-3-15-33/h2,6-13,18,24,31,36-37H,1,3-5,14-17,19H2/t24-/m0/s1. The van der Waals surface area contributed by atoms with Gasteiger partial charge in [0.15, 0.2) is 6.29 Å². The van der Waals surface area contributed by atoms with E-state index in [-0.39, 0.29) is 17.8 Å². The molecule has 38 heavy (non-hydrogen) atoms. The van der Waals surface area contributed by atoms with Gasteiger partial charge in [0.1, 0.15) is 17.7 Å². The van der Waals surface area contributed by atoms with Gasteiger partial charge in [-0.15, -0.1) is 0 Å². The normalized spacial score (nSPS) is 18.1. The number of hydrogen-bond donors (Lipinski definition) is 2. The Bertz CT molecular complexity index is 1310. The van der Waals surface area contributed by atoms with Crippen molar-refractivity contribution >= 4 is 22.7 Å². The molecule has 1 heterocycles. The molecule has 4 nitrogen and oxygen atoms in total. The lowest BCUT2D eigenvalue weighted by atomic mass is 9.87. The number of aliphatic hydroxyl groups is 2. The van der Waals surface area contributed by atoms with E-state index in [0.717, 1.165) is 72.5 Å². The van der Waals surface area contributed by atoms with Crippen molar-refractivity contribution in [3.8, 4) is 5.75 Å². The molecule has 0 amide bonds. The first-order chi connectivity index (χ1) is 18.4. The van der Waals surface area contributed by atoms with E-state index < -0.39 is 12.1 Å². The van der Waals surface area contributed by atoms with Crippen molar-refractivity contribution < 1.29 is 23.7 Å². The third kappa shape index (κ3) is 5.79. The maximum Gasteiger partial charge on any atom is 0.178 e. The number of nitrogens with zero attached hydrogens (tertiary/aromatic N) is 1. The molecule has 1 saturated heterocycles. The maximum atomic E-state index is 14.5. The minimum absolute atomic E-state index is 0.0725. The van der Waals surface area contributed by atoms with E-state index in [2.05, 4.69) is 4.90 Å². The molecule has 200 valence electrons. The zero-order valence-corrected chi connectivity index (χ0v) is 21.9. The Morgan fingerprint density at radius 2 is 1.84 bits per heavy atom. The molecule has 3 aromatic rings. The first-order valence-corrected chi connectivity index (χ1v) is 13.5. The number of benzene rings is 3. The van der Waals surface area contributed by atoms with Gasteiger partial charge >= 0.3 is 0 Å². The molecular weight excluding hydrogens is 508 g/mol. The summed E-state index contributed by atoms with van der Waals surface area (Å²) in [5, 5.41) is 19.6. The van der Waals surface area contributed by atoms with Gasteiger partial charge in [-0.1, -0.05) is 54.1 Å². The number of alkyl halides is 1. The lowest BCUT2D eigenvalue weighted by Crippen LogP contribution is -2.26.